The van der Waals surface area contributed by atoms with Crippen molar-refractivity contribution < 1.29 is 17.6 Å². The van der Waals surface area contributed by atoms with Crippen LogP contribution in [-0.2, 0) is 6.42 Å². The third kappa shape index (κ3) is 4.48. The van der Waals surface area contributed by atoms with Crippen molar-refractivity contribution in [3.8, 4) is 22.3 Å². The van der Waals surface area contributed by atoms with Gasteiger partial charge in [-0.25, -0.2) is 17.6 Å². The summed E-state index contributed by atoms with van der Waals surface area (Å²) in [5.74, 6) is -2.66. The highest BCUT2D eigenvalue weighted by atomic mass is 19.1. The van der Waals surface area contributed by atoms with Crippen LogP contribution in [0.2, 0.25) is 0 Å². The molecule has 4 rings (SSSR count). The first-order valence-electron chi connectivity index (χ1n) is 10.4. The molecule has 0 fully saturated rings. The zero-order chi connectivity index (χ0) is 22.0. The minimum absolute atomic E-state index is 0.0556. The summed E-state index contributed by atoms with van der Waals surface area (Å²) in [7, 11) is 0. The standard InChI is InChI=1S/C27H22F4/c1-2-3-4-5-17-6-9-24-18(12-17)8-11-25(27(24)31)19-7-10-23(26(30)15-19)20-13-21(28)16-22(29)14-20/h6-16H,2-5H2,1H3. The molecule has 0 spiro atoms. The van der Waals surface area contributed by atoms with Crippen molar-refractivity contribution in [2.75, 3.05) is 0 Å². The molecule has 0 radical (unpaired) electrons. The van der Waals surface area contributed by atoms with Crippen molar-refractivity contribution in [3.63, 3.8) is 0 Å². The van der Waals surface area contributed by atoms with Gasteiger partial charge in [0.15, 0.2) is 0 Å². The van der Waals surface area contributed by atoms with Crippen molar-refractivity contribution in [1.82, 2.24) is 0 Å². The maximum absolute atomic E-state index is 15.2. The summed E-state index contributed by atoms with van der Waals surface area (Å²) in [5, 5.41) is 1.29. The summed E-state index contributed by atoms with van der Waals surface area (Å²) >= 11 is 0. The summed E-state index contributed by atoms with van der Waals surface area (Å²) in [6.07, 6.45) is 4.37. The molecule has 4 heteroatoms. The lowest BCUT2D eigenvalue weighted by atomic mass is 9.96. The van der Waals surface area contributed by atoms with E-state index in [0.29, 0.717) is 10.9 Å². The first kappa shape index (κ1) is 21.1. The molecule has 0 aromatic heterocycles. The van der Waals surface area contributed by atoms with E-state index >= 15 is 4.39 Å². The summed E-state index contributed by atoms with van der Waals surface area (Å²) in [6, 6.07) is 16.2. The van der Waals surface area contributed by atoms with E-state index in [9.17, 15) is 13.2 Å². The molecule has 4 aromatic carbocycles. The van der Waals surface area contributed by atoms with Crippen molar-refractivity contribution in [1.29, 1.82) is 0 Å². The predicted octanol–water partition coefficient (Wildman–Crippen LogP) is 8.46. The largest absolute Gasteiger partial charge is 0.207 e. The minimum Gasteiger partial charge on any atom is -0.207 e. The van der Waals surface area contributed by atoms with Crippen LogP contribution in [0.3, 0.4) is 0 Å². The van der Waals surface area contributed by atoms with E-state index in [-0.39, 0.29) is 16.7 Å². The second-order valence-corrected chi connectivity index (χ2v) is 7.79. The second kappa shape index (κ2) is 8.93. The quantitative estimate of drug-likeness (QED) is 0.216. The van der Waals surface area contributed by atoms with Gasteiger partial charge < -0.3 is 0 Å². The molecule has 0 heterocycles. The molecule has 0 amide bonds. The lowest BCUT2D eigenvalue weighted by Gasteiger charge is -2.11. The lowest BCUT2D eigenvalue weighted by molar-refractivity contribution is 0.583. The van der Waals surface area contributed by atoms with Crippen LogP contribution in [0.1, 0.15) is 31.7 Å². The Hall–Kier alpha value is -3.14. The average Bonchev–Trinajstić information content (AvgIpc) is 2.73. The molecule has 0 aliphatic heterocycles. The van der Waals surface area contributed by atoms with Gasteiger partial charge in [-0.1, -0.05) is 62.2 Å². The zero-order valence-corrected chi connectivity index (χ0v) is 17.2. The average molecular weight is 422 g/mol. The first-order chi connectivity index (χ1) is 15.0. The second-order valence-electron chi connectivity index (χ2n) is 7.79. The first-order valence-corrected chi connectivity index (χ1v) is 10.4. The van der Waals surface area contributed by atoms with Crippen LogP contribution in [0.15, 0.2) is 66.7 Å². The van der Waals surface area contributed by atoms with Crippen molar-refractivity contribution in [3.05, 3.63) is 95.6 Å². The SMILES string of the molecule is CCCCCc1ccc2c(F)c(-c3ccc(-c4cc(F)cc(F)c4)c(F)c3)ccc2c1. The number of halogens is 4. The van der Waals surface area contributed by atoms with Gasteiger partial charge in [0.1, 0.15) is 23.3 Å². The normalized spacial score (nSPS) is 11.3. The molecule has 0 saturated carbocycles. The minimum atomic E-state index is -0.784. The van der Waals surface area contributed by atoms with Gasteiger partial charge in [0.2, 0.25) is 0 Å². The van der Waals surface area contributed by atoms with Crippen LogP contribution in [0, 0.1) is 23.3 Å². The predicted molar refractivity (Wildman–Crippen MR) is 118 cm³/mol. The molecule has 0 nitrogen and oxygen atoms in total. The van der Waals surface area contributed by atoms with Crippen LogP contribution < -0.4 is 0 Å². The smallest absolute Gasteiger partial charge is 0.138 e. The van der Waals surface area contributed by atoms with E-state index in [1.807, 2.05) is 18.2 Å². The third-order valence-electron chi connectivity index (χ3n) is 5.54. The number of aryl methyl sites for hydroxylation is 1. The molecule has 0 unspecified atom stereocenters. The van der Waals surface area contributed by atoms with Crippen LogP contribution in [0.5, 0.6) is 0 Å². The molecule has 0 atom stereocenters. The Labute approximate surface area is 179 Å². The molecule has 31 heavy (non-hydrogen) atoms. The van der Waals surface area contributed by atoms with Crippen LogP contribution in [0.4, 0.5) is 17.6 Å². The van der Waals surface area contributed by atoms with E-state index in [0.717, 1.165) is 49.3 Å². The van der Waals surface area contributed by atoms with Crippen LogP contribution in [-0.4, -0.2) is 0 Å². The fraction of sp³-hybridized carbons (Fsp3) is 0.185. The van der Waals surface area contributed by atoms with E-state index < -0.39 is 23.3 Å². The van der Waals surface area contributed by atoms with Gasteiger partial charge >= 0.3 is 0 Å². The fourth-order valence-electron chi connectivity index (χ4n) is 3.93. The zero-order valence-electron chi connectivity index (χ0n) is 17.2. The van der Waals surface area contributed by atoms with Gasteiger partial charge in [0.05, 0.1) is 0 Å². The van der Waals surface area contributed by atoms with Gasteiger partial charge in [0, 0.05) is 22.6 Å². The Morgan fingerprint density at radius 3 is 2.10 bits per heavy atom. The number of benzene rings is 4. The van der Waals surface area contributed by atoms with Crippen LogP contribution >= 0.6 is 0 Å². The Morgan fingerprint density at radius 2 is 1.39 bits per heavy atom. The summed E-state index contributed by atoms with van der Waals surface area (Å²) in [4.78, 5) is 0. The molecule has 4 aromatic rings. The molecular weight excluding hydrogens is 400 g/mol. The van der Waals surface area contributed by atoms with Gasteiger partial charge in [-0.05, 0) is 53.1 Å². The Balaban J connectivity index is 1.69. The van der Waals surface area contributed by atoms with Gasteiger partial charge in [0.25, 0.3) is 0 Å². The maximum atomic E-state index is 15.2. The fourth-order valence-corrected chi connectivity index (χ4v) is 3.93. The van der Waals surface area contributed by atoms with Crippen molar-refractivity contribution >= 4 is 10.8 Å². The van der Waals surface area contributed by atoms with E-state index in [1.54, 1.807) is 18.2 Å². The van der Waals surface area contributed by atoms with Crippen molar-refractivity contribution in [2.45, 2.75) is 32.6 Å². The molecular formula is C27H22F4. The molecule has 0 aliphatic rings. The summed E-state index contributed by atoms with van der Waals surface area (Å²) in [6.45, 7) is 2.16. The number of hydrogen-bond acceptors (Lipinski definition) is 0. The number of unbranched alkanes of at least 4 members (excludes halogenated alkanes) is 2. The highest BCUT2D eigenvalue weighted by Crippen LogP contribution is 2.33. The topological polar surface area (TPSA) is 0 Å². The Kier molecular flexibility index (Phi) is 6.08. The highest BCUT2D eigenvalue weighted by molar-refractivity contribution is 5.89. The monoisotopic (exact) mass is 422 g/mol. The molecule has 0 saturated heterocycles. The highest BCUT2D eigenvalue weighted by Gasteiger charge is 2.14. The number of fused-ring (bicyclic) bond motifs is 1. The molecule has 0 N–H and O–H groups in total. The Morgan fingerprint density at radius 1 is 0.645 bits per heavy atom. The Bertz CT molecular complexity index is 1220. The summed E-state index contributed by atoms with van der Waals surface area (Å²) < 4.78 is 57.0. The van der Waals surface area contributed by atoms with E-state index in [1.165, 1.54) is 17.7 Å². The van der Waals surface area contributed by atoms with E-state index in [4.69, 9.17) is 0 Å². The maximum Gasteiger partial charge on any atom is 0.138 e. The number of hydrogen-bond donors (Lipinski definition) is 0. The molecule has 0 bridgehead atoms. The molecule has 0 aliphatic carbocycles. The van der Waals surface area contributed by atoms with Gasteiger partial charge in [-0.15, -0.1) is 0 Å². The molecule has 158 valence electrons. The third-order valence-corrected chi connectivity index (χ3v) is 5.54. The summed E-state index contributed by atoms with van der Waals surface area (Å²) in [5.41, 5.74) is 1.97. The van der Waals surface area contributed by atoms with Crippen molar-refractivity contribution in [2.24, 2.45) is 0 Å². The van der Waals surface area contributed by atoms with Crippen LogP contribution in [0.25, 0.3) is 33.0 Å². The lowest BCUT2D eigenvalue weighted by Crippen LogP contribution is -1.92. The van der Waals surface area contributed by atoms with E-state index in [2.05, 4.69) is 6.92 Å². The van der Waals surface area contributed by atoms with Gasteiger partial charge in [-0.3, -0.25) is 0 Å². The number of rotatable bonds is 6. The van der Waals surface area contributed by atoms with Gasteiger partial charge in [-0.2, -0.15) is 0 Å².